The molecular formula is C5H10N2O. The Morgan fingerprint density at radius 1 is 1.88 bits per heavy atom. The number of nitrogens with one attached hydrogen (secondary N) is 1. The fraction of sp³-hybridized carbons (Fsp3) is 0.800. The maximum absolute atomic E-state index is 8.39. The number of rotatable bonds is 3. The van der Waals surface area contributed by atoms with Crippen molar-refractivity contribution in [2.24, 2.45) is 0 Å². The van der Waals surface area contributed by atoms with E-state index in [2.05, 4.69) is 5.32 Å². The third-order valence-corrected chi connectivity index (χ3v) is 0.803. The molecule has 3 nitrogen and oxygen atoms in total. The first kappa shape index (κ1) is 7.41. The average molecular weight is 114 g/mol. The third kappa shape index (κ3) is 3.59. The molecule has 46 valence electrons. The van der Waals surface area contributed by atoms with Gasteiger partial charge < -0.3 is 5.11 Å². The highest BCUT2D eigenvalue weighted by molar-refractivity contribution is 4.74. The topological polar surface area (TPSA) is 56.0 Å². The molecule has 0 fully saturated rings. The van der Waals surface area contributed by atoms with Crippen LogP contribution in [0.5, 0.6) is 0 Å². The van der Waals surface area contributed by atoms with Crippen molar-refractivity contribution in [3.63, 3.8) is 0 Å². The molecule has 3 heteroatoms. The van der Waals surface area contributed by atoms with Crippen LogP contribution in [0.4, 0.5) is 0 Å². The lowest BCUT2D eigenvalue weighted by Gasteiger charge is -2.04. The van der Waals surface area contributed by atoms with Crippen LogP contribution in [-0.4, -0.2) is 24.3 Å². The first-order valence-corrected chi connectivity index (χ1v) is 2.52. The van der Waals surface area contributed by atoms with Gasteiger partial charge in [0.1, 0.15) is 0 Å². The molecule has 0 saturated carbocycles. The Bertz CT molecular complexity index is 86.9. The molecule has 0 amide bonds. The van der Waals surface area contributed by atoms with Crippen molar-refractivity contribution in [1.82, 2.24) is 5.32 Å². The zero-order valence-electron chi connectivity index (χ0n) is 4.89. The normalized spacial score (nSPS) is 12.6. The van der Waals surface area contributed by atoms with E-state index in [9.17, 15) is 0 Å². The summed E-state index contributed by atoms with van der Waals surface area (Å²) in [5, 5.41) is 19.2. The fourth-order valence-corrected chi connectivity index (χ4v) is 0.284. The van der Waals surface area contributed by atoms with E-state index in [0.717, 1.165) is 0 Å². The Morgan fingerprint density at radius 2 is 2.50 bits per heavy atom. The molecule has 0 heterocycles. The van der Waals surface area contributed by atoms with E-state index < -0.39 is 0 Å². The van der Waals surface area contributed by atoms with Gasteiger partial charge in [0.15, 0.2) is 0 Å². The van der Waals surface area contributed by atoms with Crippen molar-refractivity contribution in [2.75, 3.05) is 13.2 Å². The Kier molecular flexibility index (Phi) is 4.23. The molecule has 2 N–H and O–H groups in total. The van der Waals surface area contributed by atoms with E-state index >= 15 is 0 Å². The minimum atomic E-state index is 0.0367. The van der Waals surface area contributed by atoms with E-state index in [1.165, 1.54) is 0 Å². The Balaban J connectivity index is 3.01. The van der Waals surface area contributed by atoms with Gasteiger partial charge in [0.25, 0.3) is 0 Å². The Morgan fingerprint density at radius 3 is 2.88 bits per heavy atom. The summed E-state index contributed by atoms with van der Waals surface area (Å²) in [5.74, 6) is 0. The summed E-state index contributed by atoms with van der Waals surface area (Å²) in [6.45, 7) is 2.21. The van der Waals surface area contributed by atoms with Gasteiger partial charge >= 0.3 is 0 Å². The second-order valence-electron chi connectivity index (χ2n) is 1.62. The van der Waals surface area contributed by atoms with Gasteiger partial charge in [0.05, 0.1) is 19.2 Å². The van der Waals surface area contributed by atoms with Crippen molar-refractivity contribution in [2.45, 2.75) is 13.0 Å². The zero-order chi connectivity index (χ0) is 6.41. The minimum absolute atomic E-state index is 0.0367. The van der Waals surface area contributed by atoms with Crippen LogP contribution in [0.15, 0.2) is 0 Å². The van der Waals surface area contributed by atoms with E-state index in [0.29, 0.717) is 6.54 Å². The zero-order valence-corrected chi connectivity index (χ0v) is 4.89. The van der Waals surface area contributed by atoms with Gasteiger partial charge in [-0.15, -0.1) is 0 Å². The first-order chi connectivity index (χ1) is 3.81. The van der Waals surface area contributed by atoms with Gasteiger partial charge in [-0.2, -0.15) is 5.26 Å². The second kappa shape index (κ2) is 4.57. The van der Waals surface area contributed by atoms with E-state index in [-0.39, 0.29) is 12.6 Å². The predicted molar refractivity (Wildman–Crippen MR) is 30.2 cm³/mol. The van der Waals surface area contributed by atoms with Crippen molar-refractivity contribution < 1.29 is 5.11 Å². The van der Waals surface area contributed by atoms with Gasteiger partial charge in [-0.3, -0.25) is 5.32 Å². The van der Waals surface area contributed by atoms with Crippen LogP contribution < -0.4 is 5.32 Å². The van der Waals surface area contributed by atoms with E-state index in [4.69, 9.17) is 10.4 Å². The highest BCUT2D eigenvalue weighted by atomic mass is 16.3. The third-order valence-electron chi connectivity index (χ3n) is 0.803. The average Bonchev–Trinajstić information content (AvgIpc) is 1.83. The molecule has 0 spiro atoms. The number of hydrogen-bond acceptors (Lipinski definition) is 3. The van der Waals surface area contributed by atoms with Gasteiger partial charge in [-0.1, -0.05) is 0 Å². The van der Waals surface area contributed by atoms with Crippen LogP contribution in [0.3, 0.4) is 0 Å². The van der Waals surface area contributed by atoms with Crippen molar-refractivity contribution in [1.29, 1.82) is 5.26 Å². The molecule has 0 aromatic carbocycles. The number of aliphatic hydroxyl groups excluding tert-OH is 1. The molecule has 1 atom stereocenters. The quantitative estimate of drug-likeness (QED) is 0.485. The lowest BCUT2D eigenvalue weighted by Crippen LogP contribution is -2.29. The molecule has 0 aliphatic rings. The van der Waals surface area contributed by atoms with Gasteiger partial charge in [0, 0.05) is 6.04 Å². The Labute approximate surface area is 48.9 Å². The molecule has 0 aromatic rings. The van der Waals surface area contributed by atoms with Crippen LogP contribution in [0.2, 0.25) is 0 Å². The molecule has 0 saturated heterocycles. The molecule has 1 unspecified atom stereocenters. The number of nitriles is 1. The molecule has 0 bridgehead atoms. The van der Waals surface area contributed by atoms with E-state index in [1.807, 2.05) is 13.0 Å². The Hall–Kier alpha value is -0.590. The number of hydrogen-bond donors (Lipinski definition) is 2. The first-order valence-electron chi connectivity index (χ1n) is 2.52. The molecule has 0 rings (SSSR count). The lowest BCUT2D eigenvalue weighted by atomic mass is 10.4. The fourth-order valence-electron chi connectivity index (χ4n) is 0.284. The number of nitrogens with zero attached hydrogens (tertiary/aromatic N) is 1. The smallest absolute Gasteiger partial charge is 0.0843 e. The minimum Gasteiger partial charge on any atom is -0.395 e. The van der Waals surface area contributed by atoms with Crippen molar-refractivity contribution in [3.8, 4) is 6.07 Å². The summed E-state index contributed by atoms with van der Waals surface area (Å²) in [6.07, 6.45) is 0. The lowest BCUT2D eigenvalue weighted by molar-refractivity contribution is 0.255. The van der Waals surface area contributed by atoms with Gasteiger partial charge in [0.2, 0.25) is 0 Å². The second-order valence-corrected chi connectivity index (χ2v) is 1.62. The SMILES string of the molecule is CC(CO)NCC#N. The highest BCUT2D eigenvalue weighted by Gasteiger charge is 1.93. The van der Waals surface area contributed by atoms with Crippen LogP contribution in [-0.2, 0) is 0 Å². The van der Waals surface area contributed by atoms with Crippen LogP contribution >= 0.6 is 0 Å². The summed E-state index contributed by atoms with van der Waals surface area (Å²) >= 11 is 0. The largest absolute Gasteiger partial charge is 0.395 e. The predicted octanol–water partition coefficient (Wildman–Crippen LogP) is -0.520. The monoisotopic (exact) mass is 114 g/mol. The summed E-state index contributed by atoms with van der Waals surface area (Å²) < 4.78 is 0. The molecule has 0 aliphatic carbocycles. The molecule has 0 aromatic heterocycles. The van der Waals surface area contributed by atoms with Crippen LogP contribution in [0, 0.1) is 11.3 Å². The highest BCUT2D eigenvalue weighted by Crippen LogP contribution is 1.73. The molecular weight excluding hydrogens is 104 g/mol. The molecule has 0 aliphatic heterocycles. The molecule has 0 radical (unpaired) electrons. The van der Waals surface area contributed by atoms with Gasteiger partial charge in [-0.25, -0.2) is 0 Å². The maximum atomic E-state index is 8.39. The van der Waals surface area contributed by atoms with Crippen LogP contribution in [0.25, 0.3) is 0 Å². The molecule has 8 heavy (non-hydrogen) atoms. The summed E-state index contributed by atoms with van der Waals surface area (Å²) in [7, 11) is 0. The standard InChI is InChI=1S/C5H10N2O/c1-5(4-8)7-3-2-6/h5,7-8H,3-4H2,1H3. The van der Waals surface area contributed by atoms with Crippen molar-refractivity contribution >= 4 is 0 Å². The summed E-state index contributed by atoms with van der Waals surface area (Å²) in [4.78, 5) is 0. The summed E-state index contributed by atoms with van der Waals surface area (Å²) in [6, 6.07) is 1.95. The number of aliphatic hydroxyl groups is 1. The maximum Gasteiger partial charge on any atom is 0.0843 e. The van der Waals surface area contributed by atoms with Crippen LogP contribution in [0.1, 0.15) is 6.92 Å². The van der Waals surface area contributed by atoms with Crippen molar-refractivity contribution in [3.05, 3.63) is 0 Å². The van der Waals surface area contributed by atoms with E-state index in [1.54, 1.807) is 0 Å². The summed E-state index contributed by atoms with van der Waals surface area (Å²) in [5.41, 5.74) is 0. The van der Waals surface area contributed by atoms with Gasteiger partial charge in [-0.05, 0) is 6.92 Å².